The second-order valence-corrected chi connectivity index (χ2v) is 5.61. The third kappa shape index (κ3) is 3.27. The number of carbonyl (C=O) groups excluding carboxylic acids is 1. The van der Waals surface area contributed by atoms with Gasteiger partial charge in [0.15, 0.2) is 0 Å². The summed E-state index contributed by atoms with van der Waals surface area (Å²) in [6, 6.07) is 6.34. The van der Waals surface area contributed by atoms with Gasteiger partial charge in [-0.25, -0.2) is 0 Å². The molecule has 98 valence electrons. The fourth-order valence-electron chi connectivity index (χ4n) is 1.97. The molecule has 0 saturated carbocycles. The number of carbonyl (C=O) groups is 1. The molecule has 0 aliphatic carbocycles. The molecule has 0 bridgehead atoms. The Morgan fingerprint density at radius 3 is 3.00 bits per heavy atom. The second-order valence-electron chi connectivity index (χ2n) is 4.51. The van der Waals surface area contributed by atoms with E-state index in [4.69, 9.17) is 4.74 Å². The summed E-state index contributed by atoms with van der Waals surface area (Å²) < 4.78 is 5.61. The molecule has 1 saturated heterocycles. The second kappa shape index (κ2) is 6.25. The van der Waals surface area contributed by atoms with Crippen LogP contribution in [0.15, 0.2) is 18.2 Å². The van der Waals surface area contributed by atoms with E-state index in [1.54, 1.807) is 11.8 Å². The summed E-state index contributed by atoms with van der Waals surface area (Å²) in [5, 5.41) is 3.08. The maximum Gasteiger partial charge on any atom is 0.231 e. The number of ether oxygens (including phenoxy) is 1. The van der Waals surface area contributed by atoms with Crippen molar-refractivity contribution in [2.24, 2.45) is 0 Å². The minimum atomic E-state index is 0.0811. The highest BCUT2D eigenvalue weighted by Gasteiger charge is 2.24. The van der Waals surface area contributed by atoms with Gasteiger partial charge in [-0.05, 0) is 24.5 Å². The highest BCUT2D eigenvalue weighted by atomic mass is 32.2. The Labute approximate surface area is 112 Å². The molecule has 0 radical (unpaired) electrons. The number of rotatable bonds is 5. The highest BCUT2D eigenvalue weighted by molar-refractivity contribution is 8.00. The van der Waals surface area contributed by atoms with Gasteiger partial charge in [-0.2, -0.15) is 0 Å². The zero-order valence-electron chi connectivity index (χ0n) is 10.9. The van der Waals surface area contributed by atoms with Crippen LogP contribution in [0.5, 0.6) is 0 Å². The molecule has 1 aliphatic rings. The van der Waals surface area contributed by atoms with E-state index in [2.05, 4.69) is 37.4 Å². The average molecular weight is 265 g/mol. The van der Waals surface area contributed by atoms with E-state index in [-0.39, 0.29) is 11.3 Å². The van der Waals surface area contributed by atoms with E-state index in [1.165, 1.54) is 16.7 Å². The van der Waals surface area contributed by atoms with Crippen molar-refractivity contribution < 1.29 is 9.53 Å². The molecule has 3 nitrogen and oxygen atoms in total. The van der Waals surface area contributed by atoms with Crippen molar-refractivity contribution in [1.82, 2.24) is 5.32 Å². The van der Waals surface area contributed by atoms with Gasteiger partial charge in [-0.15, -0.1) is 11.8 Å². The Kier molecular flexibility index (Phi) is 4.66. The molecule has 1 amide bonds. The number of nitrogens with one attached hydrogen (secondary N) is 1. The maximum absolute atomic E-state index is 11.3. The van der Waals surface area contributed by atoms with Crippen molar-refractivity contribution in [3.05, 3.63) is 34.9 Å². The van der Waals surface area contributed by atoms with Crippen molar-refractivity contribution >= 4 is 17.7 Å². The molecule has 0 aromatic heterocycles. The molecular weight excluding hydrogens is 246 g/mol. The van der Waals surface area contributed by atoms with E-state index in [1.807, 2.05) is 0 Å². The molecule has 1 atom stereocenters. The molecule has 4 heteroatoms. The first-order valence-corrected chi connectivity index (χ1v) is 7.33. The van der Waals surface area contributed by atoms with Crippen LogP contribution >= 0.6 is 11.8 Å². The number of thioether (sulfide) groups is 1. The van der Waals surface area contributed by atoms with E-state index < -0.39 is 0 Å². The number of hydrogen-bond acceptors (Lipinski definition) is 3. The number of hydrogen-bond donors (Lipinski definition) is 1. The van der Waals surface area contributed by atoms with Gasteiger partial charge in [0.1, 0.15) is 5.37 Å². The monoisotopic (exact) mass is 265 g/mol. The van der Waals surface area contributed by atoms with Gasteiger partial charge in [0.05, 0.1) is 12.4 Å². The predicted molar refractivity (Wildman–Crippen MR) is 74.5 cm³/mol. The molecule has 18 heavy (non-hydrogen) atoms. The van der Waals surface area contributed by atoms with Gasteiger partial charge < -0.3 is 10.1 Å². The van der Waals surface area contributed by atoms with Crippen molar-refractivity contribution in [2.75, 3.05) is 12.4 Å². The van der Waals surface area contributed by atoms with E-state index in [9.17, 15) is 4.79 Å². The largest absolute Gasteiger partial charge is 0.377 e. The summed E-state index contributed by atoms with van der Waals surface area (Å²) >= 11 is 1.65. The van der Waals surface area contributed by atoms with E-state index in [0.29, 0.717) is 12.4 Å². The van der Waals surface area contributed by atoms with Gasteiger partial charge in [-0.3, -0.25) is 4.79 Å². The van der Waals surface area contributed by atoms with Crippen LogP contribution in [0.25, 0.3) is 0 Å². The van der Waals surface area contributed by atoms with Gasteiger partial charge in [0.25, 0.3) is 0 Å². The van der Waals surface area contributed by atoms with Crippen molar-refractivity contribution in [3.63, 3.8) is 0 Å². The zero-order valence-corrected chi connectivity index (χ0v) is 11.7. The lowest BCUT2D eigenvalue weighted by Gasteiger charge is -2.16. The summed E-state index contributed by atoms with van der Waals surface area (Å²) in [5.74, 6) is 0.667. The Bertz CT molecular complexity index is 434. The van der Waals surface area contributed by atoms with Gasteiger partial charge in [0.2, 0.25) is 5.91 Å². The van der Waals surface area contributed by atoms with Crippen LogP contribution in [0.3, 0.4) is 0 Å². The lowest BCUT2D eigenvalue weighted by molar-refractivity contribution is -0.118. The van der Waals surface area contributed by atoms with E-state index in [0.717, 1.165) is 13.0 Å². The summed E-state index contributed by atoms with van der Waals surface area (Å²) in [6.45, 7) is 5.57. The minimum Gasteiger partial charge on any atom is -0.377 e. The van der Waals surface area contributed by atoms with Crippen molar-refractivity contribution in [2.45, 2.75) is 32.2 Å². The fraction of sp³-hybridized carbons (Fsp3) is 0.500. The first-order valence-electron chi connectivity index (χ1n) is 6.29. The summed E-state index contributed by atoms with van der Waals surface area (Å²) in [6.07, 6.45) is 1.02. The number of benzene rings is 1. The van der Waals surface area contributed by atoms with Crippen molar-refractivity contribution in [1.29, 1.82) is 0 Å². The highest BCUT2D eigenvalue weighted by Crippen LogP contribution is 2.33. The molecule has 1 aliphatic heterocycles. The van der Waals surface area contributed by atoms with Crippen LogP contribution in [-0.2, 0) is 16.1 Å². The van der Waals surface area contributed by atoms with Crippen molar-refractivity contribution in [3.8, 4) is 0 Å². The molecule has 1 unspecified atom stereocenters. The van der Waals surface area contributed by atoms with Crippen LogP contribution in [0.1, 0.15) is 35.4 Å². The van der Waals surface area contributed by atoms with Crippen LogP contribution < -0.4 is 5.32 Å². The average Bonchev–Trinajstić information content (AvgIpc) is 2.78. The zero-order chi connectivity index (χ0) is 13.0. The lowest BCUT2D eigenvalue weighted by atomic mass is 10.0. The van der Waals surface area contributed by atoms with Gasteiger partial charge in [-0.1, -0.05) is 30.7 Å². The van der Waals surface area contributed by atoms with E-state index >= 15 is 0 Å². The molecule has 1 N–H and O–H groups in total. The quantitative estimate of drug-likeness (QED) is 0.832. The first-order chi connectivity index (χ1) is 8.70. The van der Waals surface area contributed by atoms with Crippen LogP contribution in [0, 0.1) is 6.92 Å². The molecular formula is C14H19NO2S. The maximum atomic E-state index is 11.3. The lowest BCUT2D eigenvalue weighted by Crippen LogP contribution is -2.20. The summed E-state index contributed by atoms with van der Waals surface area (Å²) in [5.41, 5.74) is 3.57. The molecule has 1 aromatic carbocycles. The predicted octanol–water partition coefficient (Wildman–Crippen LogP) is 2.78. The smallest absolute Gasteiger partial charge is 0.231 e. The molecule has 1 fully saturated rings. The molecule has 2 rings (SSSR count). The van der Waals surface area contributed by atoms with Crippen LogP contribution in [0.4, 0.5) is 0 Å². The fourth-order valence-corrected chi connectivity index (χ4v) is 2.99. The van der Waals surface area contributed by atoms with Crippen LogP contribution in [0.2, 0.25) is 0 Å². The standard InChI is InChI=1S/C14H19NO2S/c1-3-6-17-8-11-5-4-10(2)7-12(11)14-15-13(16)9-18-14/h4-5,7,14H,3,6,8-9H2,1-2H3,(H,15,16). The summed E-state index contributed by atoms with van der Waals surface area (Å²) in [4.78, 5) is 11.3. The Balaban J connectivity index is 2.15. The number of amides is 1. The Morgan fingerprint density at radius 1 is 1.50 bits per heavy atom. The Morgan fingerprint density at radius 2 is 2.33 bits per heavy atom. The Hall–Kier alpha value is -1.000. The first kappa shape index (κ1) is 13.4. The normalized spacial score (nSPS) is 19.0. The SMILES string of the molecule is CCCOCc1ccc(C)cc1C1NC(=O)CS1. The minimum absolute atomic E-state index is 0.0811. The third-order valence-corrected chi connectivity index (χ3v) is 4.00. The molecule has 1 heterocycles. The molecule has 0 spiro atoms. The molecule has 1 aromatic rings. The number of aryl methyl sites for hydroxylation is 1. The third-order valence-electron chi connectivity index (χ3n) is 2.86. The topological polar surface area (TPSA) is 38.3 Å². The van der Waals surface area contributed by atoms with Gasteiger partial charge in [0, 0.05) is 6.61 Å². The van der Waals surface area contributed by atoms with Crippen LogP contribution in [-0.4, -0.2) is 18.3 Å². The summed E-state index contributed by atoms with van der Waals surface area (Å²) in [7, 11) is 0. The van der Waals surface area contributed by atoms with Gasteiger partial charge >= 0.3 is 0 Å².